The van der Waals surface area contributed by atoms with Crippen molar-refractivity contribution in [3.63, 3.8) is 0 Å². The minimum atomic E-state index is -4.02. The molecule has 4 aromatic rings. The first kappa shape index (κ1) is 32.1. The van der Waals surface area contributed by atoms with Gasteiger partial charge in [0.2, 0.25) is 20.0 Å². The van der Waals surface area contributed by atoms with Gasteiger partial charge in [0.15, 0.2) is 0 Å². The Hall–Kier alpha value is -3.82. The number of rotatable bonds is 14. The molecule has 0 radical (unpaired) electrons. The van der Waals surface area contributed by atoms with Gasteiger partial charge in [0.05, 0.1) is 36.2 Å². The molecule has 0 saturated heterocycles. The highest BCUT2D eigenvalue weighted by atomic mass is 79.9. The van der Waals surface area contributed by atoms with Gasteiger partial charge in [-0.2, -0.15) is 9.41 Å². The molecule has 43 heavy (non-hydrogen) atoms. The lowest BCUT2D eigenvalue weighted by atomic mass is 10.1. The van der Waals surface area contributed by atoms with E-state index in [0.29, 0.717) is 17.9 Å². The molecule has 1 amide bonds. The van der Waals surface area contributed by atoms with Gasteiger partial charge in [-0.05, 0) is 72.6 Å². The summed E-state index contributed by atoms with van der Waals surface area (Å²) in [6.07, 6.45) is 1.63. The third kappa shape index (κ3) is 9.08. The molecule has 1 heterocycles. The zero-order valence-electron chi connectivity index (χ0n) is 23.0. The Kier molecular flexibility index (Phi) is 10.9. The van der Waals surface area contributed by atoms with Crippen molar-refractivity contribution >= 4 is 48.1 Å². The number of carbonyl (C=O) groups excluding carboxylic acids is 1. The maximum absolute atomic E-state index is 13.4. The summed E-state index contributed by atoms with van der Waals surface area (Å²) in [5.41, 5.74) is 3.24. The first-order chi connectivity index (χ1) is 20.6. The summed E-state index contributed by atoms with van der Waals surface area (Å²) in [6, 6.07) is 24.6. The van der Waals surface area contributed by atoms with E-state index in [4.69, 9.17) is 9.15 Å². The molecule has 11 nitrogen and oxygen atoms in total. The summed E-state index contributed by atoms with van der Waals surface area (Å²) in [5.74, 6) is 0.427. The maximum Gasteiger partial charge on any atom is 0.255 e. The highest BCUT2D eigenvalue weighted by Gasteiger charge is 2.26. The van der Waals surface area contributed by atoms with Gasteiger partial charge < -0.3 is 9.15 Å². The Balaban J connectivity index is 1.37. The summed E-state index contributed by atoms with van der Waals surface area (Å²) in [5, 5.41) is 3.87. The molecule has 0 aliphatic heterocycles. The van der Waals surface area contributed by atoms with Crippen molar-refractivity contribution in [3.05, 3.63) is 113 Å². The number of nitrogens with zero attached hydrogens (tertiary/aromatic N) is 2. The fourth-order valence-corrected chi connectivity index (χ4v) is 6.52. The van der Waals surface area contributed by atoms with Gasteiger partial charge in [-0.1, -0.05) is 46.3 Å². The van der Waals surface area contributed by atoms with E-state index in [1.165, 1.54) is 49.7 Å². The zero-order valence-corrected chi connectivity index (χ0v) is 26.2. The second-order valence-electron chi connectivity index (χ2n) is 9.13. The van der Waals surface area contributed by atoms with Gasteiger partial charge in [-0.15, -0.1) is 0 Å². The predicted octanol–water partition coefficient (Wildman–Crippen LogP) is 3.91. The molecule has 3 aromatic carbocycles. The normalized spacial score (nSPS) is 12.1. The molecule has 1 aromatic heterocycles. The number of furan rings is 1. The number of sulfonamides is 2. The van der Waals surface area contributed by atoms with E-state index in [-0.39, 0.29) is 28.6 Å². The molecule has 0 bridgehead atoms. The third-order valence-corrected chi connectivity index (χ3v) is 9.94. The van der Waals surface area contributed by atoms with Crippen molar-refractivity contribution in [3.8, 4) is 5.75 Å². The maximum atomic E-state index is 13.4. The molecule has 0 spiro atoms. The van der Waals surface area contributed by atoms with Gasteiger partial charge in [0.1, 0.15) is 17.3 Å². The van der Waals surface area contributed by atoms with Crippen molar-refractivity contribution in [2.75, 3.05) is 20.2 Å². The molecular weight excluding hydrogens is 660 g/mol. The van der Waals surface area contributed by atoms with Crippen LogP contribution >= 0.6 is 15.9 Å². The minimum absolute atomic E-state index is 0.0246. The summed E-state index contributed by atoms with van der Waals surface area (Å²) < 4.78 is 66.8. The molecule has 0 aliphatic carbocycles. The van der Waals surface area contributed by atoms with Crippen LogP contribution in [-0.4, -0.2) is 53.5 Å². The van der Waals surface area contributed by atoms with Crippen LogP contribution in [0.4, 0.5) is 0 Å². The largest absolute Gasteiger partial charge is 0.497 e. The van der Waals surface area contributed by atoms with Gasteiger partial charge in [0.25, 0.3) is 5.91 Å². The van der Waals surface area contributed by atoms with Gasteiger partial charge in [-0.3, -0.25) is 4.79 Å². The van der Waals surface area contributed by atoms with Crippen LogP contribution in [-0.2, 0) is 37.8 Å². The minimum Gasteiger partial charge on any atom is -0.497 e. The third-order valence-electron chi connectivity index (χ3n) is 6.13. The van der Waals surface area contributed by atoms with Crippen LogP contribution in [0, 0.1) is 0 Å². The number of hydrogen-bond donors (Lipinski definition) is 2. The van der Waals surface area contributed by atoms with Gasteiger partial charge >= 0.3 is 0 Å². The average Bonchev–Trinajstić information content (AvgIpc) is 3.46. The molecular formula is C29H29BrN4O7S2. The fraction of sp³-hybridized carbons (Fsp3) is 0.172. The van der Waals surface area contributed by atoms with Crippen LogP contribution in [0.25, 0.3) is 0 Å². The number of hydrogen-bond acceptors (Lipinski definition) is 8. The van der Waals surface area contributed by atoms with Crippen molar-refractivity contribution in [2.45, 2.75) is 22.8 Å². The lowest BCUT2D eigenvalue weighted by Crippen LogP contribution is -2.40. The number of methoxy groups -OCH3 is 1. The van der Waals surface area contributed by atoms with E-state index in [0.717, 1.165) is 14.3 Å². The quantitative estimate of drug-likeness (QED) is 0.151. The number of benzene rings is 3. The van der Waals surface area contributed by atoms with E-state index >= 15 is 0 Å². The molecule has 226 valence electrons. The molecule has 4 rings (SSSR count). The fourth-order valence-electron chi connectivity index (χ4n) is 3.86. The van der Waals surface area contributed by atoms with Gasteiger partial charge in [-0.25, -0.2) is 27.0 Å². The Labute approximate surface area is 258 Å². The Morgan fingerprint density at radius 1 is 0.930 bits per heavy atom. The summed E-state index contributed by atoms with van der Waals surface area (Å²) >= 11 is 3.27. The highest BCUT2D eigenvalue weighted by molar-refractivity contribution is 9.10. The van der Waals surface area contributed by atoms with Crippen molar-refractivity contribution in [1.82, 2.24) is 14.5 Å². The summed E-state index contributed by atoms with van der Waals surface area (Å²) in [7, 11) is -6.28. The Morgan fingerprint density at radius 3 is 2.28 bits per heavy atom. The first-order valence-corrected chi connectivity index (χ1v) is 16.6. The predicted molar refractivity (Wildman–Crippen MR) is 165 cm³/mol. The SMILES string of the molecule is COc1ccc(S(=O)(=O)N(CCc2ccccc2)CC(=O)N/N=C\c2ccc(CNS(=O)(=O)c3ccc(Br)cc3)o2)cc1. The summed E-state index contributed by atoms with van der Waals surface area (Å²) in [4.78, 5) is 12.9. The number of halogens is 1. The molecule has 0 unspecified atom stereocenters. The molecule has 14 heteroatoms. The Morgan fingerprint density at radius 2 is 1.60 bits per heavy atom. The number of nitrogens with one attached hydrogen (secondary N) is 2. The topological polar surface area (TPSA) is 147 Å². The number of carbonyl (C=O) groups is 1. The average molecular weight is 690 g/mol. The molecule has 0 saturated carbocycles. The van der Waals surface area contributed by atoms with E-state index in [1.807, 2.05) is 30.3 Å². The van der Waals surface area contributed by atoms with E-state index < -0.39 is 32.5 Å². The van der Waals surface area contributed by atoms with Crippen LogP contribution in [0.5, 0.6) is 5.75 Å². The number of amides is 1. The van der Waals surface area contributed by atoms with Crippen molar-refractivity contribution in [1.29, 1.82) is 0 Å². The van der Waals surface area contributed by atoms with Crippen LogP contribution in [0.3, 0.4) is 0 Å². The highest BCUT2D eigenvalue weighted by Crippen LogP contribution is 2.20. The number of hydrazone groups is 1. The van der Waals surface area contributed by atoms with Crippen LogP contribution in [0.15, 0.2) is 115 Å². The number of ether oxygens (including phenoxy) is 1. The molecule has 0 aliphatic rings. The van der Waals surface area contributed by atoms with Crippen molar-refractivity contribution < 1.29 is 30.8 Å². The standard InChI is InChI=1S/C29H29BrN4O7S2/c1-40-24-11-15-28(16-12-24)43(38,39)34(18-17-22-5-3-2-4-6-22)21-29(35)33-31-19-25-9-10-26(41-25)20-32-42(36,37)27-13-7-23(30)8-14-27/h2-16,19,32H,17-18,20-21H2,1H3,(H,33,35)/b31-19-. The van der Waals surface area contributed by atoms with Crippen LogP contribution in [0.1, 0.15) is 17.1 Å². The molecule has 0 atom stereocenters. The second kappa shape index (κ2) is 14.6. The summed E-state index contributed by atoms with van der Waals surface area (Å²) in [6.45, 7) is -0.509. The first-order valence-electron chi connectivity index (χ1n) is 12.9. The van der Waals surface area contributed by atoms with Crippen LogP contribution in [0.2, 0.25) is 0 Å². The monoisotopic (exact) mass is 688 g/mol. The zero-order chi connectivity index (χ0) is 30.9. The second-order valence-corrected chi connectivity index (χ2v) is 13.7. The van der Waals surface area contributed by atoms with E-state index in [1.54, 1.807) is 24.3 Å². The smallest absolute Gasteiger partial charge is 0.255 e. The molecule has 2 N–H and O–H groups in total. The molecule has 0 fully saturated rings. The lowest BCUT2D eigenvalue weighted by Gasteiger charge is -2.21. The lowest BCUT2D eigenvalue weighted by molar-refractivity contribution is -0.121. The van der Waals surface area contributed by atoms with Crippen molar-refractivity contribution in [2.24, 2.45) is 5.10 Å². The van der Waals surface area contributed by atoms with Crippen LogP contribution < -0.4 is 14.9 Å². The van der Waals surface area contributed by atoms with E-state index in [9.17, 15) is 21.6 Å². The Bertz CT molecular complexity index is 1760. The van der Waals surface area contributed by atoms with E-state index in [2.05, 4.69) is 31.2 Å². The van der Waals surface area contributed by atoms with Gasteiger partial charge in [0, 0.05) is 11.0 Å².